The van der Waals surface area contributed by atoms with E-state index in [2.05, 4.69) is 25.7 Å². The highest BCUT2D eigenvalue weighted by Gasteiger charge is 2.61. The standard InChI is InChI=1S/C28H45NO3/c1-18-5-7-19(8-6-18)26(31)32-17-20-9-11-22-21-10-12-24-28(3,16-14-25(30)29(24)4)23(21)13-15-27(20,22)2/h18-24H,5-17H2,1-4H3/t18?,19?,20?,21-,22-,23-,24+,27+,28+/m0/s1. The minimum atomic E-state index is 0.0839. The molecule has 1 amide bonds. The van der Waals surface area contributed by atoms with E-state index in [0.717, 1.165) is 49.4 Å². The van der Waals surface area contributed by atoms with Crippen LogP contribution in [0.15, 0.2) is 0 Å². The Morgan fingerprint density at radius 2 is 1.66 bits per heavy atom. The number of rotatable bonds is 3. The van der Waals surface area contributed by atoms with Gasteiger partial charge in [0.15, 0.2) is 0 Å². The van der Waals surface area contributed by atoms with Crippen molar-refractivity contribution in [3.8, 4) is 0 Å². The molecular formula is C28H45NO3. The summed E-state index contributed by atoms with van der Waals surface area (Å²) in [6.07, 6.45) is 13.7. The molecule has 0 aromatic heterocycles. The summed E-state index contributed by atoms with van der Waals surface area (Å²) < 4.78 is 6.00. The van der Waals surface area contributed by atoms with Crippen LogP contribution in [-0.2, 0) is 14.3 Å². The zero-order valence-electron chi connectivity index (χ0n) is 20.9. The van der Waals surface area contributed by atoms with Crippen LogP contribution in [0.2, 0.25) is 0 Å². The molecule has 0 radical (unpaired) electrons. The second-order valence-electron chi connectivity index (χ2n) is 12.9. The summed E-state index contributed by atoms with van der Waals surface area (Å²) in [5.74, 6) is 4.18. The lowest BCUT2D eigenvalue weighted by Gasteiger charge is -2.61. The third kappa shape index (κ3) is 3.54. The predicted molar refractivity (Wildman–Crippen MR) is 126 cm³/mol. The maximum atomic E-state index is 12.8. The molecule has 0 N–H and O–H groups in total. The van der Waals surface area contributed by atoms with Gasteiger partial charge in [0.1, 0.15) is 0 Å². The third-order valence-electron chi connectivity index (χ3n) is 11.5. The van der Waals surface area contributed by atoms with Gasteiger partial charge < -0.3 is 9.64 Å². The van der Waals surface area contributed by atoms with Crippen molar-refractivity contribution in [2.24, 2.45) is 46.3 Å². The van der Waals surface area contributed by atoms with E-state index in [-0.39, 0.29) is 17.3 Å². The fraction of sp³-hybridized carbons (Fsp3) is 0.929. The summed E-state index contributed by atoms with van der Waals surface area (Å²) in [6, 6.07) is 0.436. The number of hydrogen-bond acceptors (Lipinski definition) is 3. The summed E-state index contributed by atoms with van der Waals surface area (Å²) in [5.41, 5.74) is 0.609. The fourth-order valence-electron chi connectivity index (χ4n) is 9.33. The number of esters is 1. The molecule has 1 heterocycles. The highest BCUT2D eigenvalue weighted by atomic mass is 16.5. The van der Waals surface area contributed by atoms with Crippen LogP contribution < -0.4 is 0 Å². The molecule has 0 aromatic carbocycles. The van der Waals surface area contributed by atoms with E-state index < -0.39 is 0 Å². The van der Waals surface area contributed by atoms with Gasteiger partial charge in [-0.2, -0.15) is 0 Å². The summed E-state index contributed by atoms with van der Waals surface area (Å²) in [4.78, 5) is 27.2. The molecule has 5 aliphatic rings. The Morgan fingerprint density at radius 3 is 2.41 bits per heavy atom. The second-order valence-corrected chi connectivity index (χ2v) is 12.9. The van der Waals surface area contributed by atoms with Crippen LogP contribution in [0, 0.1) is 46.3 Å². The van der Waals surface area contributed by atoms with Gasteiger partial charge >= 0.3 is 5.97 Å². The Hall–Kier alpha value is -1.06. The van der Waals surface area contributed by atoms with Gasteiger partial charge in [-0.3, -0.25) is 9.59 Å². The number of piperidine rings is 1. The molecule has 4 saturated carbocycles. The molecular weight excluding hydrogens is 398 g/mol. The molecule has 0 spiro atoms. The first-order valence-corrected chi connectivity index (χ1v) is 13.7. The largest absolute Gasteiger partial charge is 0.465 e. The van der Waals surface area contributed by atoms with E-state index in [1.165, 1.54) is 51.4 Å². The number of fused-ring (bicyclic) bond motifs is 5. The van der Waals surface area contributed by atoms with Crippen molar-refractivity contribution in [3.05, 3.63) is 0 Å². The molecule has 0 aromatic rings. The van der Waals surface area contributed by atoms with E-state index >= 15 is 0 Å². The van der Waals surface area contributed by atoms with Crippen molar-refractivity contribution >= 4 is 11.9 Å². The molecule has 180 valence electrons. The van der Waals surface area contributed by atoms with Crippen molar-refractivity contribution in [1.82, 2.24) is 4.90 Å². The Bertz CT molecular complexity index is 743. The highest BCUT2D eigenvalue weighted by Crippen LogP contribution is 2.66. The average molecular weight is 444 g/mol. The molecule has 4 nitrogen and oxygen atoms in total. The van der Waals surface area contributed by atoms with Gasteiger partial charge in [0.05, 0.1) is 12.5 Å². The minimum absolute atomic E-state index is 0.0839. The lowest BCUT2D eigenvalue weighted by Crippen LogP contribution is -2.61. The molecule has 32 heavy (non-hydrogen) atoms. The van der Waals surface area contributed by atoms with E-state index in [9.17, 15) is 9.59 Å². The van der Waals surface area contributed by atoms with Crippen molar-refractivity contribution in [2.45, 2.75) is 104 Å². The molecule has 1 unspecified atom stereocenters. The van der Waals surface area contributed by atoms with Crippen LogP contribution in [0.5, 0.6) is 0 Å². The van der Waals surface area contributed by atoms with E-state index in [0.29, 0.717) is 29.9 Å². The molecule has 4 aliphatic carbocycles. The summed E-state index contributed by atoms with van der Waals surface area (Å²) in [7, 11) is 2.05. The van der Waals surface area contributed by atoms with Crippen molar-refractivity contribution in [3.63, 3.8) is 0 Å². The van der Waals surface area contributed by atoms with Gasteiger partial charge in [-0.05, 0) is 111 Å². The first-order chi connectivity index (χ1) is 15.2. The zero-order valence-corrected chi connectivity index (χ0v) is 20.9. The Morgan fingerprint density at radius 1 is 0.938 bits per heavy atom. The second kappa shape index (κ2) is 8.31. The van der Waals surface area contributed by atoms with Gasteiger partial charge in [0.2, 0.25) is 5.91 Å². The number of nitrogens with zero attached hydrogens (tertiary/aromatic N) is 1. The first-order valence-electron chi connectivity index (χ1n) is 13.7. The minimum Gasteiger partial charge on any atom is -0.465 e. The molecule has 0 bridgehead atoms. The lowest BCUT2D eigenvalue weighted by molar-refractivity contribution is -0.162. The monoisotopic (exact) mass is 443 g/mol. The number of ether oxygens (including phenoxy) is 1. The fourth-order valence-corrected chi connectivity index (χ4v) is 9.33. The van der Waals surface area contributed by atoms with Crippen LogP contribution in [0.1, 0.15) is 97.8 Å². The Labute approximate surface area is 195 Å². The van der Waals surface area contributed by atoms with Crippen LogP contribution in [0.25, 0.3) is 0 Å². The van der Waals surface area contributed by atoms with Gasteiger partial charge in [0.25, 0.3) is 0 Å². The topological polar surface area (TPSA) is 46.6 Å². The average Bonchev–Trinajstić information content (AvgIpc) is 3.12. The number of likely N-dealkylation sites (tertiary alicyclic amines) is 1. The van der Waals surface area contributed by atoms with Gasteiger partial charge in [0, 0.05) is 19.5 Å². The van der Waals surface area contributed by atoms with E-state index in [1.807, 2.05) is 7.05 Å². The quantitative estimate of drug-likeness (QED) is 0.515. The number of hydrogen-bond donors (Lipinski definition) is 0. The van der Waals surface area contributed by atoms with Gasteiger partial charge in [-0.25, -0.2) is 0 Å². The van der Waals surface area contributed by atoms with Crippen LogP contribution in [-0.4, -0.2) is 36.5 Å². The van der Waals surface area contributed by atoms with Crippen molar-refractivity contribution in [1.29, 1.82) is 0 Å². The summed E-state index contributed by atoms with van der Waals surface area (Å²) in [6.45, 7) is 7.97. The number of carbonyl (C=O) groups excluding carboxylic acids is 2. The van der Waals surface area contributed by atoms with E-state index in [1.54, 1.807) is 0 Å². The lowest BCUT2D eigenvalue weighted by atomic mass is 9.47. The normalized spacial score (nSPS) is 48.6. The van der Waals surface area contributed by atoms with Crippen LogP contribution in [0.3, 0.4) is 0 Å². The van der Waals surface area contributed by atoms with Crippen LogP contribution in [0.4, 0.5) is 0 Å². The molecule has 5 rings (SSSR count). The maximum absolute atomic E-state index is 12.8. The number of amides is 1. The molecule has 7 atom stereocenters. The predicted octanol–water partition coefficient (Wildman–Crippen LogP) is 5.84. The summed E-state index contributed by atoms with van der Waals surface area (Å²) in [5, 5.41) is 0. The molecule has 5 fully saturated rings. The smallest absolute Gasteiger partial charge is 0.308 e. The Balaban J connectivity index is 1.24. The molecule has 1 aliphatic heterocycles. The maximum Gasteiger partial charge on any atom is 0.308 e. The van der Waals surface area contributed by atoms with E-state index in [4.69, 9.17) is 4.74 Å². The molecule has 1 saturated heterocycles. The molecule has 4 heteroatoms. The Kier molecular flexibility index (Phi) is 5.90. The SMILES string of the molecule is CC1CCC(C(=O)OCC2CC[C@H]3[C@@H]4CC[C@H]5N(C)C(=O)CC[C@]5(C)[C@H]4CC[C@]23C)CC1. The third-order valence-corrected chi connectivity index (χ3v) is 11.5. The zero-order chi connectivity index (χ0) is 22.7. The van der Waals surface area contributed by atoms with Gasteiger partial charge in [-0.15, -0.1) is 0 Å². The van der Waals surface area contributed by atoms with Crippen LogP contribution >= 0.6 is 0 Å². The summed E-state index contributed by atoms with van der Waals surface area (Å²) >= 11 is 0. The van der Waals surface area contributed by atoms with Crippen molar-refractivity contribution < 1.29 is 14.3 Å². The van der Waals surface area contributed by atoms with Crippen molar-refractivity contribution in [2.75, 3.05) is 13.7 Å². The first kappa shape index (κ1) is 22.7. The highest BCUT2D eigenvalue weighted by molar-refractivity contribution is 5.77. The number of carbonyl (C=O) groups is 2. The van der Waals surface area contributed by atoms with Gasteiger partial charge in [-0.1, -0.05) is 20.8 Å².